The average Bonchev–Trinajstić information content (AvgIpc) is 2.20. The minimum absolute atomic E-state index is 0.229. The monoisotopic (exact) mass is 248 g/mol. The summed E-state index contributed by atoms with van der Waals surface area (Å²) in [6.45, 7) is 4.73. The van der Waals surface area contributed by atoms with Crippen molar-refractivity contribution < 1.29 is 22.7 Å². The molecular formula is C12H15F3O2. The van der Waals surface area contributed by atoms with E-state index in [1.165, 1.54) is 13.0 Å². The Morgan fingerprint density at radius 3 is 2.47 bits per heavy atom. The van der Waals surface area contributed by atoms with Crippen LogP contribution in [0.4, 0.5) is 13.2 Å². The Morgan fingerprint density at radius 2 is 2.00 bits per heavy atom. The SMILES string of the molecule is C=CCCC(C=O)=CC/C=C(\C)OC(F)(F)F. The van der Waals surface area contributed by atoms with Crippen LogP contribution < -0.4 is 0 Å². The van der Waals surface area contributed by atoms with Gasteiger partial charge in [0.05, 0.1) is 5.76 Å². The third kappa shape index (κ3) is 9.41. The molecule has 0 unspecified atom stereocenters. The predicted molar refractivity (Wildman–Crippen MR) is 59.1 cm³/mol. The number of hydrogen-bond donors (Lipinski definition) is 0. The molecule has 0 aliphatic heterocycles. The van der Waals surface area contributed by atoms with Crippen LogP contribution in [-0.4, -0.2) is 12.6 Å². The highest BCUT2D eigenvalue weighted by Crippen LogP contribution is 2.20. The zero-order valence-electron chi connectivity index (χ0n) is 9.59. The molecule has 0 fully saturated rings. The molecule has 0 aliphatic carbocycles. The van der Waals surface area contributed by atoms with Gasteiger partial charge in [0, 0.05) is 0 Å². The van der Waals surface area contributed by atoms with E-state index in [-0.39, 0.29) is 12.2 Å². The number of carbonyl (C=O) groups is 1. The lowest BCUT2D eigenvalue weighted by Gasteiger charge is -2.08. The fourth-order valence-corrected chi connectivity index (χ4v) is 1.08. The van der Waals surface area contributed by atoms with Crippen LogP contribution in [0.2, 0.25) is 0 Å². The van der Waals surface area contributed by atoms with Gasteiger partial charge in [0.15, 0.2) is 0 Å². The van der Waals surface area contributed by atoms with Crippen molar-refractivity contribution in [3.63, 3.8) is 0 Å². The van der Waals surface area contributed by atoms with Gasteiger partial charge in [0.25, 0.3) is 0 Å². The normalized spacial score (nSPS) is 13.4. The topological polar surface area (TPSA) is 26.3 Å². The van der Waals surface area contributed by atoms with Crippen LogP contribution in [-0.2, 0) is 9.53 Å². The number of halogens is 3. The molecule has 5 heteroatoms. The second-order valence-corrected chi connectivity index (χ2v) is 3.32. The molecule has 0 heterocycles. The standard InChI is InChI=1S/C12H15F3O2/c1-3-4-7-11(9-16)8-5-6-10(2)17-12(13,14)15/h3,6,8-9H,1,4-5,7H2,2H3/b10-6+,11-8?. The molecule has 0 aromatic carbocycles. The Balaban J connectivity index is 4.24. The van der Waals surface area contributed by atoms with Gasteiger partial charge in [-0.2, -0.15) is 0 Å². The summed E-state index contributed by atoms with van der Waals surface area (Å²) < 4.78 is 39.0. The predicted octanol–water partition coefficient (Wildman–Crippen LogP) is 3.91. The molecule has 0 N–H and O–H groups in total. The van der Waals surface area contributed by atoms with E-state index in [9.17, 15) is 18.0 Å². The Morgan fingerprint density at radius 1 is 1.35 bits per heavy atom. The summed E-state index contributed by atoms with van der Waals surface area (Å²) in [5.74, 6) is -0.234. The first kappa shape index (κ1) is 15.5. The minimum Gasteiger partial charge on any atom is -0.411 e. The van der Waals surface area contributed by atoms with Crippen LogP contribution in [0.15, 0.2) is 36.1 Å². The van der Waals surface area contributed by atoms with Gasteiger partial charge in [-0.1, -0.05) is 12.2 Å². The molecule has 96 valence electrons. The van der Waals surface area contributed by atoms with E-state index < -0.39 is 6.36 Å². The van der Waals surface area contributed by atoms with E-state index in [2.05, 4.69) is 11.3 Å². The lowest BCUT2D eigenvalue weighted by atomic mass is 10.1. The van der Waals surface area contributed by atoms with Gasteiger partial charge < -0.3 is 4.74 Å². The van der Waals surface area contributed by atoms with E-state index in [0.29, 0.717) is 24.7 Å². The van der Waals surface area contributed by atoms with Crippen LogP contribution in [0.5, 0.6) is 0 Å². The summed E-state index contributed by atoms with van der Waals surface area (Å²) in [6.07, 6.45) is 1.97. The Kier molecular flexibility index (Phi) is 7.02. The molecule has 2 nitrogen and oxygen atoms in total. The third-order valence-corrected chi connectivity index (χ3v) is 1.85. The lowest BCUT2D eigenvalue weighted by molar-refractivity contribution is -0.305. The molecule has 0 aliphatic rings. The maximum Gasteiger partial charge on any atom is 0.572 e. The summed E-state index contributed by atoms with van der Waals surface area (Å²) in [7, 11) is 0. The smallest absolute Gasteiger partial charge is 0.411 e. The van der Waals surface area contributed by atoms with E-state index in [1.54, 1.807) is 12.2 Å². The molecule has 0 spiro atoms. The van der Waals surface area contributed by atoms with Gasteiger partial charge in [0.2, 0.25) is 0 Å². The Labute approximate surface area is 98.5 Å². The molecule has 0 amide bonds. The van der Waals surface area contributed by atoms with Crippen molar-refractivity contribution in [3.05, 3.63) is 36.1 Å². The Hall–Kier alpha value is -1.52. The number of rotatable bonds is 7. The highest BCUT2D eigenvalue weighted by Gasteiger charge is 2.30. The zero-order valence-corrected chi connectivity index (χ0v) is 9.59. The Bertz CT molecular complexity index is 314. The number of carbonyl (C=O) groups excluding carboxylic acids is 1. The molecule has 0 rings (SSSR count). The van der Waals surface area contributed by atoms with Crippen molar-refractivity contribution in [1.82, 2.24) is 0 Å². The van der Waals surface area contributed by atoms with Crippen LogP contribution in [0, 0.1) is 0 Å². The molecule has 0 aromatic heterocycles. The molecule has 0 saturated carbocycles. The van der Waals surface area contributed by atoms with Crippen LogP contribution in [0.1, 0.15) is 26.2 Å². The molecule has 0 radical (unpaired) electrons. The molecule has 0 aromatic rings. The van der Waals surface area contributed by atoms with Gasteiger partial charge in [0.1, 0.15) is 6.29 Å². The van der Waals surface area contributed by atoms with Crippen LogP contribution in [0.25, 0.3) is 0 Å². The van der Waals surface area contributed by atoms with Crippen molar-refractivity contribution in [2.75, 3.05) is 0 Å². The number of hydrogen-bond acceptors (Lipinski definition) is 2. The fraction of sp³-hybridized carbons (Fsp3) is 0.417. The van der Waals surface area contributed by atoms with E-state index in [1.807, 2.05) is 0 Å². The van der Waals surface area contributed by atoms with Crippen molar-refractivity contribution in [1.29, 1.82) is 0 Å². The second-order valence-electron chi connectivity index (χ2n) is 3.32. The largest absolute Gasteiger partial charge is 0.572 e. The molecule has 0 saturated heterocycles. The summed E-state index contributed by atoms with van der Waals surface area (Å²) in [5, 5.41) is 0. The van der Waals surface area contributed by atoms with Crippen LogP contribution in [0.3, 0.4) is 0 Å². The van der Waals surface area contributed by atoms with Crippen molar-refractivity contribution >= 4 is 6.29 Å². The lowest BCUT2D eigenvalue weighted by Crippen LogP contribution is -2.11. The number of ether oxygens (including phenoxy) is 1. The summed E-state index contributed by atoms with van der Waals surface area (Å²) in [6, 6.07) is 0. The summed E-state index contributed by atoms with van der Waals surface area (Å²) >= 11 is 0. The molecule has 0 atom stereocenters. The number of alkyl halides is 3. The molecule has 17 heavy (non-hydrogen) atoms. The maximum absolute atomic E-state index is 11.8. The first-order valence-electron chi connectivity index (χ1n) is 5.06. The summed E-state index contributed by atoms with van der Waals surface area (Å²) in [4.78, 5) is 10.6. The van der Waals surface area contributed by atoms with Gasteiger partial charge in [-0.05, 0) is 37.8 Å². The fourth-order valence-electron chi connectivity index (χ4n) is 1.08. The van der Waals surface area contributed by atoms with E-state index >= 15 is 0 Å². The minimum atomic E-state index is -4.67. The number of allylic oxidation sites excluding steroid dienone is 5. The number of aldehydes is 1. The van der Waals surface area contributed by atoms with Crippen molar-refractivity contribution in [2.24, 2.45) is 0 Å². The second kappa shape index (κ2) is 7.70. The van der Waals surface area contributed by atoms with Gasteiger partial charge in [-0.25, -0.2) is 0 Å². The summed E-state index contributed by atoms with van der Waals surface area (Å²) in [5.41, 5.74) is 0.543. The quantitative estimate of drug-likeness (QED) is 0.295. The van der Waals surface area contributed by atoms with Crippen molar-refractivity contribution in [2.45, 2.75) is 32.5 Å². The zero-order chi connectivity index (χ0) is 13.3. The highest BCUT2D eigenvalue weighted by molar-refractivity contribution is 5.73. The average molecular weight is 248 g/mol. The van der Waals surface area contributed by atoms with Crippen molar-refractivity contribution in [3.8, 4) is 0 Å². The molecular weight excluding hydrogens is 233 g/mol. The third-order valence-electron chi connectivity index (χ3n) is 1.85. The van der Waals surface area contributed by atoms with E-state index in [4.69, 9.17) is 0 Å². The van der Waals surface area contributed by atoms with Gasteiger partial charge >= 0.3 is 6.36 Å². The van der Waals surface area contributed by atoms with Crippen LogP contribution >= 0.6 is 0 Å². The van der Waals surface area contributed by atoms with Gasteiger partial charge in [-0.15, -0.1) is 19.8 Å². The first-order valence-corrected chi connectivity index (χ1v) is 5.06. The van der Waals surface area contributed by atoms with Gasteiger partial charge in [-0.3, -0.25) is 4.79 Å². The molecule has 0 bridgehead atoms. The van der Waals surface area contributed by atoms with E-state index in [0.717, 1.165) is 0 Å². The maximum atomic E-state index is 11.8. The first-order chi connectivity index (χ1) is 7.89. The highest BCUT2D eigenvalue weighted by atomic mass is 19.4.